The molecule has 1 aromatic heterocycles. The molecule has 0 saturated carbocycles. The molecule has 0 saturated heterocycles. The largest absolute Gasteiger partial charge is 0.308 e. The van der Waals surface area contributed by atoms with E-state index in [1.54, 1.807) is 0 Å². The van der Waals surface area contributed by atoms with Crippen molar-refractivity contribution in [2.75, 3.05) is 20.6 Å². The lowest BCUT2D eigenvalue weighted by Crippen LogP contribution is -2.25. The molecule has 0 atom stereocenters. The first-order chi connectivity index (χ1) is 11.5. The highest BCUT2D eigenvalue weighted by molar-refractivity contribution is 5.04. The first-order valence-corrected chi connectivity index (χ1v) is 10.1. The smallest absolute Gasteiger partial charge is 0.156 e. The zero-order valence-corrected chi connectivity index (χ0v) is 16.9. The van der Waals surface area contributed by atoms with Gasteiger partial charge in [-0.05, 0) is 26.9 Å². The molecule has 0 aliphatic rings. The summed E-state index contributed by atoms with van der Waals surface area (Å²) in [6.45, 7) is 8.86. The Kier molecular flexibility index (Phi) is 10.2. The highest BCUT2D eigenvalue weighted by Crippen LogP contribution is 2.33. The van der Waals surface area contributed by atoms with E-state index in [1.807, 2.05) is 11.0 Å². The quantitative estimate of drug-likeness (QED) is 0.446. The Morgan fingerprint density at radius 1 is 0.958 bits per heavy atom. The fourth-order valence-electron chi connectivity index (χ4n) is 3.21. The third kappa shape index (κ3) is 7.78. The maximum Gasteiger partial charge on any atom is 0.156 e. The zero-order chi connectivity index (χ0) is 17.8. The Labute approximate surface area is 150 Å². The lowest BCUT2D eigenvalue weighted by atomic mass is 9.79. The Bertz CT molecular complexity index is 413. The lowest BCUT2D eigenvalue weighted by Gasteiger charge is -2.27. The van der Waals surface area contributed by atoms with Gasteiger partial charge < -0.3 is 4.90 Å². The summed E-state index contributed by atoms with van der Waals surface area (Å²) in [7, 11) is 4.20. The Hall–Kier alpha value is -0.900. The van der Waals surface area contributed by atoms with Crippen LogP contribution in [0, 0.1) is 0 Å². The topological polar surface area (TPSA) is 34.0 Å². The molecule has 1 rings (SSSR count). The van der Waals surface area contributed by atoms with Gasteiger partial charge in [0.05, 0.1) is 6.54 Å². The number of aromatic nitrogens is 3. The molecule has 140 valence electrons. The summed E-state index contributed by atoms with van der Waals surface area (Å²) in [6.07, 6.45) is 14.9. The Morgan fingerprint density at radius 3 is 2.04 bits per heavy atom. The van der Waals surface area contributed by atoms with Crippen molar-refractivity contribution in [2.24, 2.45) is 0 Å². The molecule has 0 aromatic carbocycles. The fourth-order valence-corrected chi connectivity index (χ4v) is 3.21. The van der Waals surface area contributed by atoms with Crippen LogP contribution < -0.4 is 0 Å². The third-order valence-corrected chi connectivity index (χ3v) is 5.02. The summed E-state index contributed by atoms with van der Waals surface area (Å²) in [4.78, 5) is 6.89. The van der Waals surface area contributed by atoms with Gasteiger partial charge >= 0.3 is 0 Å². The van der Waals surface area contributed by atoms with Crippen molar-refractivity contribution in [2.45, 2.75) is 96.9 Å². The average molecular weight is 337 g/mol. The summed E-state index contributed by atoms with van der Waals surface area (Å²) in [5.74, 6) is 1.06. The van der Waals surface area contributed by atoms with Crippen LogP contribution in [0.25, 0.3) is 0 Å². The average Bonchev–Trinajstić information content (AvgIpc) is 3.04. The Balaban J connectivity index is 2.67. The number of hydrogen-bond donors (Lipinski definition) is 0. The number of rotatable bonds is 14. The molecule has 24 heavy (non-hydrogen) atoms. The van der Waals surface area contributed by atoms with E-state index in [2.05, 4.69) is 39.8 Å². The van der Waals surface area contributed by atoms with Crippen LogP contribution >= 0.6 is 0 Å². The van der Waals surface area contributed by atoms with Gasteiger partial charge in [0.1, 0.15) is 6.33 Å². The van der Waals surface area contributed by atoms with Gasteiger partial charge in [-0.25, -0.2) is 4.98 Å². The van der Waals surface area contributed by atoms with Gasteiger partial charge in [-0.2, -0.15) is 5.10 Å². The van der Waals surface area contributed by atoms with Crippen molar-refractivity contribution in [1.29, 1.82) is 0 Å². The van der Waals surface area contributed by atoms with Crippen molar-refractivity contribution >= 4 is 0 Å². The predicted octanol–water partition coefficient (Wildman–Crippen LogP) is 5.04. The van der Waals surface area contributed by atoms with Gasteiger partial charge in [-0.1, -0.05) is 72.1 Å². The molecule has 0 aliphatic heterocycles. The molecule has 0 radical (unpaired) electrons. The van der Waals surface area contributed by atoms with Crippen molar-refractivity contribution < 1.29 is 0 Å². The van der Waals surface area contributed by atoms with Crippen LogP contribution in [0.3, 0.4) is 0 Å². The maximum absolute atomic E-state index is 4.83. The zero-order valence-electron chi connectivity index (χ0n) is 16.9. The van der Waals surface area contributed by atoms with Gasteiger partial charge in [-0.15, -0.1) is 0 Å². The van der Waals surface area contributed by atoms with E-state index in [1.165, 1.54) is 64.2 Å². The summed E-state index contributed by atoms with van der Waals surface area (Å²) < 4.78 is 2.02. The van der Waals surface area contributed by atoms with Crippen LogP contribution in [0.5, 0.6) is 0 Å². The second kappa shape index (κ2) is 11.6. The van der Waals surface area contributed by atoms with Gasteiger partial charge in [0, 0.05) is 12.0 Å². The van der Waals surface area contributed by atoms with Crippen LogP contribution in [0.1, 0.15) is 90.8 Å². The van der Waals surface area contributed by atoms with Crippen LogP contribution in [-0.4, -0.2) is 40.3 Å². The fraction of sp³-hybridized carbons (Fsp3) is 0.900. The molecule has 0 unspecified atom stereocenters. The highest BCUT2D eigenvalue weighted by atomic mass is 15.3. The maximum atomic E-state index is 4.83. The molecule has 0 bridgehead atoms. The van der Waals surface area contributed by atoms with Crippen molar-refractivity contribution in [1.82, 2.24) is 19.7 Å². The molecule has 4 nitrogen and oxygen atoms in total. The van der Waals surface area contributed by atoms with Gasteiger partial charge in [0.2, 0.25) is 0 Å². The van der Waals surface area contributed by atoms with Gasteiger partial charge in [0.25, 0.3) is 0 Å². The summed E-state index contributed by atoms with van der Waals surface area (Å²) in [5, 5.41) is 4.83. The molecular formula is C20H40N4. The standard InChI is InChI=1S/C20H40N4/c1-6-8-10-12-14-20(3,15-13-11-9-7-2)19-21-18-24(22-19)17-16-23(4)5/h18H,6-17H2,1-5H3. The van der Waals surface area contributed by atoms with E-state index in [4.69, 9.17) is 10.1 Å². The van der Waals surface area contributed by atoms with Crippen LogP contribution in [0.4, 0.5) is 0 Å². The first-order valence-electron chi connectivity index (χ1n) is 10.1. The minimum absolute atomic E-state index is 0.144. The van der Waals surface area contributed by atoms with E-state index in [0.29, 0.717) is 0 Å². The predicted molar refractivity (Wildman–Crippen MR) is 103 cm³/mol. The van der Waals surface area contributed by atoms with Crippen molar-refractivity contribution in [3.05, 3.63) is 12.2 Å². The number of likely N-dealkylation sites (N-methyl/N-ethyl adjacent to an activating group) is 1. The van der Waals surface area contributed by atoms with E-state index in [0.717, 1.165) is 18.9 Å². The van der Waals surface area contributed by atoms with E-state index >= 15 is 0 Å². The Morgan fingerprint density at radius 2 is 1.54 bits per heavy atom. The van der Waals surface area contributed by atoms with Crippen molar-refractivity contribution in [3.8, 4) is 0 Å². The van der Waals surface area contributed by atoms with E-state index in [9.17, 15) is 0 Å². The van der Waals surface area contributed by atoms with Crippen LogP contribution in [-0.2, 0) is 12.0 Å². The van der Waals surface area contributed by atoms with E-state index < -0.39 is 0 Å². The normalized spacial score (nSPS) is 12.2. The second-order valence-corrected chi connectivity index (χ2v) is 7.82. The minimum atomic E-state index is 0.144. The number of hydrogen-bond acceptors (Lipinski definition) is 3. The van der Waals surface area contributed by atoms with Crippen molar-refractivity contribution in [3.63, 3.8) is 0 Å². The molecule has 0 N–H and O–H groups in total. The number of nitrogens with zero attached hydrogens (tertiary/aromatic N) is 4. The summed E-state index contributed by atoms with van der Waals surface area (Å²) in [6, 6.07) is 0. The highest BCUT2D eigenvalue weighted by Gasteiger charge is 2.29. The SMILES string of the molecule is CCCCCCC(C)(CCCCCC)c1ncn(CCN(C)C)n1. The number of unbranched alkanes of at least 4 members (excludes halogenated alkanes) is 6. The minimum Gasteiger partial charge on any atom is -0.308 e. The summed E-state index contributed by atoms with van der Waals surface area (Å²) in [5.41, 5.74) is 0.144. The molecule has 4 heteroatoms. The molecule has 1 aromatic rings. The molecule has 0 spiro atoms. The molecule has 1 heterocycles. The second-order valence-electron chi connectivity index (χ2n) is 7.82. The summed E-state index contributed by atoms with van der Waals surface area (Å²) >= 11 is 0. The molecule has 0 aliphatic carbocycles. The first kappa shape index (κ1) is 21.1. The molecule has 0 fully saturated rings. The lowest BCUT2D eigenvalue weighted by molar-refractivity contribution is 0.338. The van der Waals surface area contributed by atoms with E-state index in [-0.39, 0.29) is 5.41 Å². The molecular weight excluding hydrogens is 296 g/mol. The monoisotopic (exact) mass is 336 g/mol. The molecule has 0 amide bonds. The van der Waals surface area contributed by atoms with Crippen LogP contribution in [0.15, 0.2) is 6.33 Å². The van der Waals surface area contributed by atoms with Gasteiger partial charge in [-0.3, -0.25) is 4.68 Å². The third-order valence-electron chi connectivity index (χ3n) is 5.02. The van der Waals surface area contributed by atoms with Gasteiger partial charge in [0.15, 0.2) is 5.82 Å². The van der Waals surface area contributed by atoms with Crippen LogP contribution in [0.2, 0.25) is 0 Å².